The number of nitrogens with zero attached hydrogens (tertiary/aromatic N) is 5. The van der Waals surface area contributed by atoms with E-state index < -0.39 is 36.6 Å². The van der Waals surface area contributed by atoms with Crippen molar-refractivity contribution in [2.24, 2.45) is 0 Å². The highest BCUT2D eigenvalue weighted by Gasteiger charge is 2.60. The number of amides is 1. The molecular weight excluding hydrogens is 532 g/mol. The fourth-order valence-electron chi connectivity index (χ4n) is 4.15. The summed E-state index contributed by atoms with van der Waals surface area (Å²) < 4.78 is 86.6. The lowest BCUT2D eigenvalue weighted by atomic mass is 9.77. The third kappa shape index (κ3) is 5.96. The molecular formula is C24H23F6N7O2. The minimum Gasteiger partial charge on any atom is -0.494 e. The number of pyridine rings is 1. The third-order valence-electron chi connectivity index (χ3n) is 6.14. The highest BCUT2D eigenvalue weighted by molar-refractivity contribution is 6.27. The van der Waals surface area contributed by atoms with Crippen LogP contribution in [0.15, 0.2) is 42.6 Å². The van der Waals surface area contributed by atoms with E-state index in [1.54, 1.807) is 25.1 Å². The first-order chi connectivity index (χ1) is 18.3. The number of carbonyl (C=O) groups is 1. The summed E-state index contributed by atoms with van der Waals surface area (Å²) in [5, 5.41) is 15.3. The number of anilines is 1. The lowest BCUT2D eigenvalue weighted by molar-refractivity contribution is -0.201. The second-order valence-electron chi connectivity index (χ2n) is 9.01. The summed E-state index contributed by atoms with van der Waals surface area (Å²) in [6.45, 7) is -0.268. The lowest BCUT2D eigenvalue weighted by Gasteiger charge is -2.41. The zero-order chi connectivity index (χ0) is 28.4. The van der Waals surface area contributed by atoms with Crippen LogP contribution in [-0.4, -0.2) is 64.6 Å². The lowest BCUT2D eigenvalue weighted by Crippen LogP contribution is -2.58. The second-order valence-corrected chi connectivity index (χ2v) is 9.01. The van der Waals surface area contributed by atoms with Crippen LogP contribution in [0.5, 0.6) is 5.75 Å². The molecule has 1 aliphatic rings. The number of aromatic nitrogens is 5. The van der Waals surface area contributed by atoms with Gasteiger partial charge in [-0.25, -0.2) is 0 Å². The summed E-state index contributed by atoms with van der Waals surface area (Å²) in [4.78, 5) is 19.3. The Morgan fingerprint density at radius 1 is 1.05 bits per heavy atom. The molecule has 39 heavy (non-hydrogen) atoms. The summed E-state index contributed by atoms with van der Waals surface area (Å²) in [5.74, 6) is -1.19. The molecule has 1 aromatic carbocycles. The number of H-pyrrole nitrogens is 1. The number of halogens is 6. The van der Waals surface area contributed by atoms with E-state index in [9.17, 15) is 31.1 Å². The summed E-state index contributed by atoms with van der Waals surface area (Å²) in [5.41, 5.74) is -2.61. The molecule has 2 aromatic heterocycles. The minimum absolute atomic E-state index is 0.0461. The van der Waals surface area contributed by atoms with Crippen LogP contribution < -0.4 is 15.0 Å². The van der Waals surface area contributed by atoms with Crippen molar-refractivity contribution in [2.75, 3.05) is 25.6 Å². The molecule has 0 radical (unpaired) electrons. The average molecular weight is 555 g/mol. The van der Waals surface area contributed by atoms with Crippen LogP contribution in [0.3, 0.4) is 0 Å². The molecule has 1 atom stereocenters. The first-order valence-corrected chi connectivity index (χ1v) is 11.6. The Morgan fingerprint density at radius 2 is 1.77 bits per heavy atom. The fraction of sp³-hybridized carbons (Fsp3) is 0.375. The third-order valence-corrected chi connectivity index (χ3v) is 6.14. The molecule has 0 spiro atoms. The number of ether oxygens (including phenoxy) is 1. The Kier molecular flexibility index (Phi) is 7.52. The Labute approximate surface area is 218 Å². The Morgan fingerprint density at radius 3 is 2.31 bits per heavy atom. The van der Waals surface area contributed by atoms with Gasteiger partial charge in [0.05, 0.1) is 29.8 Å². The van der Waals surface area contributed by atoms with Gasteiger partial charge in [0.25, 0.3) is 5.91 Å². The number of tetrazole rings is 1. The van der Waals surface area contributed by atoms with Crippen molar-refractivity contribution in [3.05, 3.63) is 59.7 Å². The fourth-order valence-corrected chi connectivity index (χ4v) is 4.15. The molecule has 0 bridgehead atoms. The standard InChI is InChI=1S/C24H23F6N7O2/c1-37(2)15-6-9-18(31-13-15)17-12-22(24(28,29)30,32-21(38)19(17)20-33-35-36-34-20)14-4-7-16(8-5-14)39-11-3-10-23(25,26)27/h4-9,13H,3,10-12H2,1-2H3,(H,32,38)(H,33,34,35,36)/t22-/m0/s1. The molecule has 9 nitrogen and oxygen atoms in total. The van der Waals surface area contributed by atoms with Gasteiger partial charge >= 0.3 is 12.4 Å². The smallest absolute Gasteiger partial charge is 0.416 e. The SMILES string of the molecule is CN(C)c1ccc(C2=C(c3nn[nH]n3)C(=O)N[C@@](c3ccc(OCCCC(F)(F)F)cc3)(C(F)(F)F)C2)nc1. The monoisotopic (exact) mass is 555 g/mol. The number of aromatic amines is 1. The molecule has 1 amide bonds. The number of benzene rings is 1. The van der Waals surface area contributed by atoms with E-state index in [0.29, 0.717) is 5.69 Å². The molecule has 15 heteroatoms. The molecule has 0 fully saturated rings. The molecule has 208 valence electrons. The maximum atomic E-state index is 14.8. The molecule has 3 heterocycles. The summed E-state index contributed by atoms with van der Waals surface area (Å²) in [7, 11) is 3.54. The van der Waals surface area contributed by atoms with E-state index >= 15 is 0 Å². The number of carbonyl (C=O) groups excluding carboxylic acids is 1. The molecule has 4 rings (SSSR count). The van der Waals surface area contributed by atoms with Crippen molar-refractivity contribution >= 4 is 22.7 Å². The Balaban J connectivity index is 1.72. The van der Waals surface area contributed by atoms with Crippen LogP contribution in [0.1, 0.15) is 36.3 Å². The van der Waals surface area contributed by atoms with Crippen molar-refractivity contribution in [1.82, 2.24) is 30.9 Å². The second kappa shape index (κ2) is 10.5. The summed E-state index contributed by atoms with van der Waals surface area (Å²) >= 11 is 0. The maximum absolute atomic E-state index is 14.8. The predicted octanol–water partition coefficient (Wildman–Crippen LogP) is 4.27. The van der Waals surface area contributed by atoms with Gasteiger partial charge in [-0.2, -0.15) is 31.6 Å². The van der Waals surface area contributed by atoms with E-state index in [0.717, 1.165) is 12.1 Å². The molecule has 0 unspecified atom stereocenters. The first-order valence-electron chi connectivity index (χ1n) is 11.6. The highest BCUT2D eigenvalue weighted by Crippen LogP contribution is 2.49. The Hall–Kier alpha value is -4.17. The van der Waals surface area contributed by atoms with Crippen molar-refractivity contribution in [3.8, 4) is 5.75 Å². The van der Waals surface area contributed by atoms with Gasteiger partial charge < -0.3 is 15.0 Å². The number of hydrogen-bond acceptors (Lipinski definition) is 7. The average Bonchev–Trinajstić information content (AvgIpc) is 3.40. The molecule has 0 aliphatic carbocycles. The van der Waals surface area contributed by atoms with Crippen molar-refractivity contribution < 1.29 is 35.9 Å². The van der Waals surface area contributed by atoms with Gasteiger partial charge in [-0.1, -0.05) is 12.1 Å². The number of rotatable bonds is 8. The van der Waals surface area contributed by atoms with E-state index in [-0.39, 0.29) is 47.0 Å². The number of alkyl halides is 6. The summed E-state index contributed by atoms with van der Waals surface area (Å²) in [6.07, 6.45) is -9.93. The number of hydrogen-bond donors (Lipinski definition) is 2. The van der Waals surface area contributed by atoms with Crippen LogP contribution in [0.4, 0.5) is 32.0 Å². The van der Waals surface area contributed by atoms with Crippen molar-refractivity contribution in [3.63, 3.8) is 0 Å². The van der Waals surface area contributed by atoms with Crippen LogP contribution in [0.25, 0.3) is 11.1 Å². The zero-order valence-corrected chi connectivity index (χ0v) is 20.7. The van der Waals surface area contributed by atoms with E-state index in [2.05, 4.69) is 30.9 Å². The van der Waals surface area contributed by atoms with Crippen LogP contribution in [0.2, 0.25) is 0 Å². The van der Waals surface area contributed by atoms with E-state index in [4.69, 9.17) is 4.74 Å². The van der Waals surface area contributed by atoms with Crippen LogP contribution >= 0.6 is 0 Å². The number of nitrogens with one attached hydrogen (secondary N) is 2. The van der Waals surface area contributed by atoms with E-state index in [1.165, 1.54) is 24.4 Å². The van der Waals surface area contributed by atoms with E-state index in [1.807, 2.05) is 0 Å². The van der Waals surface area contributed by atoms with Gasteiger partial charge in [-0.05, 0) is 47.0 Å². The quantitative estimate of drug-likeness (QED) is 0.316. The molecule has 2 N–H and O–H groups in total. The minimum atomic E-state index is -4.96. The van der Waals surface area contributed by atoms with Crippen molar-refractivity contribution in [1.29, 1.82) is 0 Å². The van der Waals surface area contributed by atoms with Gasteiger partial charge in [0.15, 0.2) is 5.54 Å². The molecule has 0 saturated carbocycles. The van der Waals surface area contributed by atoms with Crippen molar-refractivity contribution in [2.45, 2.75) is 37.2 Å². The largest absolute Gasteiger partial charge is 0.494 e. The molecule has 0 saturated heterocycles. The normalized spacial score (nSPS) is 18.2. The van der Waals surface area contributed by atoms with Gasteiger partial charge in [-0.15, -0.1) is 10.2 Å². The molecule has 1 aliphatic heterocycles. The van der Waals surface area contributed by atoms with Crippen LogP contribution in [0, 0.1) is 0 Å². The Bertz CT molecular complexity index is 1320. The first kappa shape index (κ1) is 27.9. The summed E-state index contributed by atoms with van der Waals surface area (Å²) in [6, 6.07) is 7.81. The van der Waals surface area contributed by atoms with Gasteiger partial charge in [0.1, 0.15) is 5.75 Å². The topological polar surface area (TPSA) is 109 Å². The predicted molar refractivity (Wildman–Crippen MR) is 127 cm³/mol. The molecule has 3 aromatic rings. The maximum Gasteiger partial charge on any atom is 0.416 e. The highest BCUT2D eigenvalue weighted by atomic mass is 19.4. The zero-order valence-electron chi connectivity index (χ0n) is 20.7. The van der Waals surface area contributed by atoms with Gasteiger partial charge in [-0.3, -0.25) is 9.78 Å². The van der Waals surface area contributed by atoms with Gasteiger partial charge in [0.2, 0.25) is 5.82 Å². The van der Waals surface area contributed by atoms with Gasteiger partial charge in [0, 0.05) is 26.9 Å². The van der Waals surface area contributed by atoms with Crippen LogP contribution in [-0.2, 0) is 10.3 Å².